The summed E-state index contributed by atoms with van der Waals surface area (Å²) in [5.41, 5.74) is 2.02. The summed E-state index contributed by atoms with van der Waals surface area (Å²) in [4.78, 5) is 17.5. The van der Waals surface area contributed by atoms with Gasteiger partial charge in [0.2, 0.25) is 5.82 Å². The van der Waals surface area contributed by atoms with Crippen LogP contribution in [0.4, 0.5) is 23.0 Å². The van der Waals surface area contributed by atoms with Crippen LogP contribution in [-0.4, -0.2) is 54.2 Å². The Labute approximate surface area is 152 Å². The van der Waals surface area contributed by atoms with Crippen molar-refractivity contribution in [2.75, 3.05) is 50.0 Å². The van der Waals surface area contributed by atoms with Crippen LogP contribution in [0.2, 0.25) is 0 Å². The fourth-order valence-corrected chi connectivity index (χ4v) is 2.74. The zero-order chi connectivity index (χ0) is 18.4. The SMILES string of the molecule is Cc1ccc(Nc2ccc([N+](=O)[O-])c(NCCN3CCOCC3)n2)cc1. The summed E-state index contributed by atoms with van der Waals surface area (Å²) in [5.74, 6) is 0.841. The van der Waals surface area contributed by atoms with Crippen molar-refractivity contribution in [1.29, 1.82) is 0 Å². The lowest BCUT2D eigenvalue weighted by molar-refractivity contribution is -0.384. The van der Waals surface area contributed by atoms with Gasteiger partial charge in [-0.15, -0.1) is 0 Å². The molecule has 1 aromatic carbocycles. The Morgan fingerprint density at radius 3 is 2.62 bits per heavy atom. The van der Waals surface area contributed by atoms with E-state index >= 15 is 0 Å². The van der Waals surface area contributed by atoms with Gasteiger partial charge in [0.05, 0.1) is 18.1 Å². The van der Waals surface area contributed by atoms with E-state index in [0.29, 0.717) is 12.4 Å². The number of aryl methyl sites for hydroxylation is 1. The van der Waals surface area contributed by atoms with Crippen molar-refractivity contribution in [2.24, 2.45) is 0 Å². The molecule has 0 spiro atoms. The normalized spacial score (nSPS) is 14.8. The number of anilines is 3. The summed E-state index contributed by atoms with van der Waals surface area (Å²) in [6.45, 7) is 6.62. The molecule has 0 atom stereocenters. The van der Waals surface area contributed by atoms with Crippen molar-refractivity contribution in [3.8, 4) is 0 Å². The second-order valence-corrected chi connectivity index (χ2v) is 6.19. The predicted molar refractivity (Wildman–Crippen MR) is 101 cm³/mol. The van der Waals surface area contributed by atoms with Gasteiger partial charge in [0, 0.05) is 37.9 Å². The van der Waals surface area contributed by atoms with E-state index in [0.717, 1.165) is 44.1 Å². The Kier molecular flexibility index (Phi) is 5.98. The molecule has 2 heterocycles. The lowest BCUT2D eigenvalue weighted by atomic mass is 10.2. The highest BCUT2D eigenvalue weighted by molar-refractivity contribution is 5.64. The van der Waals surface area contributed by atoms with Crippen molar-refractivity contribution in [2.45, 2.75) is 6.92 Å². The highest BCUT2D eigenvalue weighted by Gasteiger charge is 2.17. The molecular weight excluding hydrogens is 334 g/mol. The van der Waals surface area contributed by atoms with Crippen LogP contribution in [0.15, 0.2) is 36.4 Å². The molecule has 8 heteroatoms. The number of hydrogen-bond acceptors (Lipinski definition) is 7. The van der Waals surface area contributed by atoms with Gasteiger partial charge in [-0.1, -0.05) is 17.7 Å². The highest BCUT2D eigenvalue weighted by atomic mass is 16.6. The Balaban J connectivity index is 1.67. The first-order chi connectivity index (χ1) is 12.6. The summed E-state index contributed by atoms with van der Waals surface area (Å²) in [7, 11) is 0. The smallest absolute Gasteiger partial charge is 0.311 e. The molecule has 0 amide bonds. The van der Waals surface area contributed by atoms with Crippen molar-refractivity contribution in [1.82, 2.24) is 9.88 Å². The van der Waals surface area contributed by atoms with E-state index in [1.165, 1.54) is 6.07 Å². The molecule has 8 nitrogen and oxygen atoms in total. The van der Waals surface area contributed by atoms with E-state index < -0.39 is 4.92 Å². The number of nitrogens with one attached hydrogen (secondary N) is 2. The average Bonchev–Trinajstić information content (AvgIpc) is 2.64. The molecule has 1 aromatic heterocycles. The zero-order valence-corrected chi connectivity index (χ0v) is 14.8. The standard InChI is InChI=1S/C18H23N5O3/c1-14-2-4-15(5-3-14)20-17-7-6-16(23(24)25)18(21-17)19-8-9-22-10-12-26-13-11-22/h2-7H,8-13H2,1H3,(H2,19,20,21). The summed E-state index contributed by atoms with van der Waals surface area (Å²) < 4.78 is 5.32. The first-order valence-electron chi connectivity index (χ1n) is 8.65. The minimum absolute atomic E-state index is 0.0265. The molecule has 138 valence electrons. The molecule has 26 heavy (non-hydrogen) atoms. The fourth-order valence-electron chi connectivity index (χ4n) is 2.74. The van der Waals surface area contributed by atoms with Crippen LogP contribution in [0.1, 0.15) is 5.56 Å². The van der Waals surface area contributed by atoms with Gasteiger partial charge < -0.3 is 15.4 Å². The molecule has 0 unspecified atom stereocenters. The number of ether oxygens (including phenoxy) is 1. The van der Waals surface area contributed by atoms with Crippen LogP contribution in [0.5, 0.6) is 0 Å². The Morgan fingerprint density at radius 2 is 1.92 bits per heavy atom. The number of nitrogens with zero attached hydrogens (tertiary/aromatic N) is 3. The molecule has 0 radical (unpaired) electrons. The Bertz CT molecular complexity index is 745. The minimum Gasteiger partial charge on any atom is -0.379 e. The summed E-state index contributed by atoms with van der Waals surface area (Å²) in [6.07, 6.45) is 0. The molecule has 2 aromatic rings. The summed E-state index contributed by atoms with van der Waals surface area (Å²) >= 11 is 0. The lowest BCUT2D eigenvalue weighted by Crippen LogP contribution is -2.39. The molecule has 1 aliphatic heterocycles. The lowest BCUT2D eigenvalue weighted by Gasteiger charge is -2.26. The number of rotatable bonds is 7. The Hall–Kier alpha value is -2.71. The molecule has 2 N–H and O–H groups in total. The van der Waals surface area contributed by atoms with E-state index in [-0.39, 0.29) is 11.5 Å². The highest BCUT2D eigenvalue weighted by Crippen LogP contribution is 2.25. The van der Waals surface area contributed by atoms with E-state index in [9.17, 15) is 10.1 Å². The van der Waals surface area contributed by atoms with Gasteiger partial charge in [0.1, 0.15) is 5.82 Å². The summed E-state index contributed by atoms with van der Waals surface area (Å²) in [5, 5.41) is 17.6. The van der Waals surface area contributed by atoms with Gasteiger partial charge in [-0.25, -0.2) is 4.98 Å². The number of morpholine rings is 1. The van der Waals surface area contributed by atoms with Gasteiger partial charge in [0.15, 0.2) is 0 Å². The van der Waals surface area contributed by atoms with Crippen LogP contribution in [0.3, 0.4) is 0 Å². The average molecular weight is 357 g/mol. The van der Waals surface area contributed by atoms with Gasteiger partial charge in [-0.05, 0) is 25.1 Å². The third-order valence-electron chi connectivity index (χ3n) is 4.22. The first-order valence-corrected chi connectivity index (χ1v) is 8.65. The third kappa shape index (κ3) is 4.90. The van der Waals surface area contributed by atoms with Crippen LogP contribution >= 0.6 is 0 Å². The number of nitro groups is 1. The minimum atomic E-state index is -0.417. The van der Waals surface area contributed by atoms with E-state index in [2.05, 4.69) is 20.5 Å². The van der Waals surface area contributed by atoms with Gasteiger partial charge in [-0.3, -0.25) is 15.0 Å². The van der Waals surface area contributed by atoms with Crippen LogP contribution in [-0.2, 0) is 4.74 Å². The first kappa shape index (κ1) is 18.1. The molecule has 1 saturated heterocycles. The molecule has 0 saturated carbocycles. The van der Waals surface area contributed by atoms with Crippen molar-refractivity contribution >= 4 is 23.0 Å². The van der Waals surface area contributed by atoms with E-state index in [1.54, 1.807) is 6.07 Å². The quantitative estimate of drug-likeness (QED) is 0.581. The maximum atomic E-state index is 11.3. The number of pyridine rings is 1. The van der Waals surface area contributed by atoms with Crippen LogP contribution in [0.25, 0.3) is 0 Å². The molecule has 1 aliphatic rings. The molecule has 0 bridgehead atoms. The maximum absolute atomic E-state index is 11.3. The molecule has 1 fully saturated rings. The Morgan fingerprint density at radius 1 is 1.19 bits per heavy atom. The van der Waals surface area contributed by atoms with Crippen LogP contribution in [0, 0.1) is 17.0 Å². The van der Waals surface area contributed by atoms with Crippen molar-refractivity contribution < 1.29 is 9.66 Å². The third-order valence-corrected chi connectivity index (χ3v) is 4.22. The van der Waals surface area contributed by atoms with Gasteiger partial charge in [-0.2, -0.15) is 0 Å². The van der Waals surface area contributed by atoms with Crippen LogP contribution < -0.4 is 10.6 Å². The monoisotopic (exact) mass is 357 g/mol. The fraction of sp³-hybridized carbons (Fsp3) is 0.389. The largest absolute Gasteiger partial charge is 0.379 e. The van der Waals surface area contributed by atoms with Crippen molar-refractivity contribution in [3.05, 3.63) is 52.1 Å². The molecular formula is C18H23N5O3. The van der Waals surface area contributed by atoms with Gasteiger partial charge in [0.25, 0.3) is 0 Å². The second kappa shape index (κ2) is 8.59. The topological polar surface area (TPSA) is 92.6 Å². The summed E-state index contributed by atoms with van der Waals surface area (Å²) in [6, 6.07) is 11.0. The maximum Gasteiger partial charge on any atom is 0.311 e. The molecule has 0 aliphatic carbocycles. The number of aromatic nitrogens is 1. The number of benzene rings is 1. The number of hydrogen-bond donors (Lipinski definition) is 2. The van der Waals surface area contributed by atoms with E-state index in [1.807, 2.05) is 31.2 Å². The molecule has 3 rings (SSSR count). The predicted octanol–water partition coefficient (Wildman–Crippen LogP) is 2.79. The van der Waals surface area contributed by atoms with E-state index in [4.69, 9.17) is 4.74 Å². The van der Waals surface area contributed by atoms with Crippen molar-refractivity contribution in [3.63, 3.8) is 0 Å². The second-order valence-electron chi connectivity index (χ2n) is 6.19. The zero-order valence-electron chi connectivity index (χ0n) is 14.8. The van der Waals surface area contributed by atoms with Gasteiger partial charge >= 0.3 is 5.69 Å².